The fourth-order valence-electron chi connectivity index (χ4n) is 3.16. The first-order valence-electron chi connectivity index (χ1n) is 4.63. The highest BCUT2D eigenvalue weighted by atomic mass is 14.5. The summed E-state index contributed by atoms with van der Waals surface area (Å²) >= 11 is 0. The molecule has 0 spiro atoms. The number of nitriles is 1. The molecule has 0 heterocycles. The standard InChI is InChI=1S/C10H15N/c1-6-3-8-4-9(6)10(5-11)7(8)2/h6-10H,3-4H2,1-2H3/t6?,7?,8-,9+,10?/m1/s1. The SMILES string of the molecule is CC1C(C#N)[C@H]2C[C@H]1CC2C. The second-order valence-electron chi connectivity index (χ2n) is 4.39. The molecule has 0 saturated heterocycles. The third kappa shape index (κ3) is 0.819. The van der Waals surface area contributed by atoms with Crippen LogP contribution < -0.4 is 0 Å². The molecule has 11 heavy (non-hydrogen) atoms. The Kier molecular flexibility index (Phi) is 1.45. The number of rotatable bonds is 0. The average molecular weight is 149 g/mol. The van der Waals surface area contributed by atoms with E-state index in [4.69, 9.17) is 5.26 Å². The van der Waals surface area contributed by atoms with E-state index in [1.54, 1.807) is 0 Å². The molecule has 0 radical (unpaired) electrons. The molecule has 2 aliphatic rings. The van der Waals surface area contributed by atoms with E-state index < -0.39 is 0 Å². The topological polar surface area (TPSA) is 23.8 Å². The van der Waals surface area contributed by atoms with Gasteiger partial charge in [0.25, 0.3) is 0 Å². The molecular weight excluding hydrogens is 134 g/mol. The Hall–Kier alpha value is -0.510. The Labute approximate surface area is 68.4 Å². The Morgan fingerprint density at radius 2 is 2.00 bits per heavy atom. The van der Waals surface area contributed by atoms with Crippen molar-refractivity contribution in [3.63, 3.8) is 0 Å². The lowest BCUT2D eigenvalue weighted by molar-refractivity contribution is 0.231. The lowest BCUT2D eigenvalue weighted by Crippen LogP contribution is -2.23. The predicted octanol–water partition coefficient (Wildman–Crippen LogP) is 2.44. The van der Waals surface area contributed by atoms with Gasteiger partial charge >= 0.3 is 0 Å². The molecule has 2 saturated carbocycles. The summed E-state index contributed by atoms with van der Waals surface area (Å²) in [7, 11) is 0. The molecule has 2 rings (SSSR count). The van der Waals surface area contributed by atoms with Crippen LogP contribution in [0.1, 0.15) is 26.7 Å². The third-order valence-corrected chi connectivity index (χ3v) is 3.90. The first-order valence-corrected chi connectivity index (χ1v) is 4.63. The lowest BCUT2D eigenvalue weighted by Gasteiger charge is -2.27. The minimum Gasteiger partial charge on any atom is -0.198 e. The van der Waals surface area contributed by atoms with Crippen LogP contribution in [-0.4, -0.2) is 0 Å². The van der Waals surface area contributed by atoms with E-state index in [0.29, 0.717) is 11.8 Å². The maximum Gasteiger partial charge on any atom is 0.0661 e. The van der Waals surface area contributed by atoms with Gasteiger partial charge in [0.15, 0.2) is 0 Å². The molecule has 1 heteroatoms. The molecule has 0 N–H and O–H groups in total. The van der Waals surface area contributed by atoms with Gasteiger partial charge in [-0.05, 0) is 36.5 Å². The van der Waals surface area contributed by atoms with Gasteiger partial charge in [0.2, 0.25) is 0 Å². The normalized spacial score (nSPS) is 54.5. The van der Waals surface area contributed by atoms with Gasteiger partial charge in [-0.2, -0.15) is 5.26 Å². The van der Waals surface area contributed by atoms with Gasteiger partial charge in [-0.25, -0.2) is 0 Å². The van der Waals surface area contributed by atoms with Gasteiger partial charge in [0.05, 0.1) is 12.0 Å². The molecule has 1 nitrogen and oxygen atoms in total. The van der Waals surface area contributed by atoms with Crippen LogP contribution in [0.3, 0.4) is 0 Å². The van der Waals surface area contributed by atoms with Crippen LogP contribution in [0.25, 0.3) is 0 Å². The highest BCUT2D eigenvalue weighted by molar-refractivity contribution is 5.05. The summed E-state index contributed by atoms with van der Waals surface area (Å²) in [6.45, 7) is 4.56. The van der Waals surface area contributed by atoms with Crippen molar-refractivity contribution in [2.75, 3.05) is 0 Å². The van der Waals surface area contributed by atoms with Crippen molar-refractivity contribution in [1.29, 1.82) is 5.26 Å². The van der Waals surface area contributed by atoms with Gasteiger partial charge in [0.1, 0.15) is 0 Å². The lowest BCUT2D eigenvalue weighted by atomic mass is 9.76. The van der Waals surface area contributed by atoms with E-state index >= 15 is 0 Å². The fourth-order valence-corrected chi connectivity index (χ4v) is 3.16. The Morgan fingerprint density at radius 1 is 1.27 bits per heavy atom. The van der Waals surface area contributed by atoms with Crippen LogP contribution in [0.15, 0.2) is 0 Å². The second kappa shape index (κ2) is 2.24. The van der Waals surface area contributed by atoms with Gasteiger partial charge in [-0.1, -0.05) is 13.8 Å². The molecule has 0 aromatic rings. The summed E-state index contributed by atoms with van der Waals surface area (Å²) in [5, 5.41) is 8.93. The molecule has 2 aliphatic carbocycles. The number of nitrogens with zero attached hydrogens (tertiary/aromatic N) is 1. The van der Waals surface area contributed by atoms with Crippen LogP contribution in [0.4, 0.5) is 0 Å². The summed E-state index contributed by atoms with van der Waals surface area (Å²) in [6, 6.07) is 2.48. The monoisotopic (exact) mass is 149 g/mol. The summed E-state index contributed by atoms with van der Waals surface area (Å²) in [5.74, 6) is 3.49. The highest BCUT2D eigenvalue weighted by Gasteiger charge is 2.48. The highest BCUT2D eigenvalue weighted by Crippen LogP contribution is 2.54. The molecule has 0 aromatic carbocycles. The van der Waals surface area contributed by atoms with Crippen molar-refractivity contribution in [2.24, 2.45) is 29.6 Å². The largest absolute Gasteiger partial charge is 0.198 e. The van der Waals surface area contributed by atoms with E-state index in [0.717, 1.165) is 17.8 Å². The van der Waals surface area contributed by atoms with Gasteiger partial charge in [0, 0.05) is 0 Å². The number of hydrogen-bond acceptors (Lipinski definition) is 1. The molecule has 3 unspecified atom stereocenters. The molecule has 0 aliphatic heterocycles. The summed E-state index contributed by atoms with van der Waals surface area (Å²) in [4.78, 5) is 0. The van der Waals surface area contributed by atoms with E-state index in [1.165, 1.54) is 12.8 Å². The smallest absolute Gasteiger partial charge is 0.0661 e. The maximum absolute atomic E-state index is 8.93. The van der Waals surface area contributed by atoms with E-state index in [9.17, 15) is 0 Å². The molecule has 0 aromatic heterocycles. The van der Waals surface area contributed by atoms with Crippen molar-refractivity contribution >= 4 is 0 Å². The van der Waals surface area contributed by atoms with Crippen molar-refractivity contribution in [1.82, 2.24) is 0 Å². The fraction of sp³-hybridized carbons (Fsp3) is 0.900. The average Bonchev–Trinajstić information content (AvgIpc) is 2.45. The Balaban J connectivity index is 2.21. The zero-order valence-corrected chi connectivity index (χ0v) is 7.25. The van der Waals surface area contributed by atoms with Gasteiger partial charge in [-0.3, -0.25) is 0 Å². The minimum atomic E-state index is 0.378. The Bertz CT molecular complexity index is 203. The molecule has 2 fully saturated rings. The van der Waals surface area contributed by atoms with Crippen molar-refractivity contribution in [3.8, 4) is 6.07 Å². The molecule has 5 atom stereocenters. The first-order chi connectivity index (χ1) is 5.24. The van der Waals surface area contributed by atoms with E-state index in [-0.39, 0.29) is 0 Å². The predicted molar refractivity (Wildman–Crippen MR) is 43.6 cm³/mol. The third-order valence-electron chi connectivity index (χ3n) is 3.90. The van der Waals surface area contributed by atoms with Crippen molar-refractivity contribution in [2.45, 2.75) is 26.7 Å². The second-order valence-corrected chi connectivity index (χ2v) is 4.39. The van der Waals surface area contributed by atoms with E-state index in [1.807, 2.05) is 0 Å². The maximum atomic E-state index is 8.93. The molecule has 0 amide bonds. The Morgan fingerprint density at radius 3 is 2.45 bits per heavy atom. The molecule has 2 bridgehead atoms. The zero-order chi connectivity index (χ0) is 8.01. The molecular formula is C10H15N. The minimum absolute atomic E-state index is 0.378. The van der Waals surface area contributed by atoms with Gasteiger partial charge < -0.3 is 0 Å². The van der Waals surface area contributed by atoms with Gasteiger partial charge in [-0.15, -0.1) is 0 Å². The molecule has 60 valence electrons. The van der Waals surface area contributed by atoms with Crippen LogP contribution >= 0.6 is 0 Å². The summed E-state index contributed by atoms with van der Waals surface area (Å²) in [5.41, 5.74) is 0. The van der Waals surface area contributed by atoms with Crippen LogP contribution in [0.2, 0.25) is 0 Å². The quantitative estimate of drug-likeness (QED) is 0.519. The number of fused-ring (bicyclic) bond motifs is 2. The summed E-state index contributed by atoms with van der Waals surface area (Å²) in [6.07, 6.45) is 2.71. The van der Waals surface area contributed by atoms with Crippen molar-refractivity contribution < 1.29 is 0 Å². The van der Waals surface area contributed by atoms with Crippen LogP contribution in [-0.2, 0) is 0 Å². The van der Waals surface area contributed by atoms with E-state index in [2.05, 4.69) is 19.9 Å². The first kappa shape index (κ1) is 7.16. The van der Waals surface area contributed by atoms with Crippen LogP contribution in [0, 0.1) is 40.9 Å². The van der Waals surface area contributed by atoms with Crippen LogP contribution in [0.5, 0.6) is 0 Å². The van der Waals surface area contributed by atoms with Crippen molar-refractivity contribution in [3.05, 3.63) is 0 Å². The number of hydrogen-bond donors (Lipinski definition) is 0. The zero-order valence-electron chi connectivity index (χ0n) is 7.25. The summed E-state index contributed by atoms with van der Waals surface area (Å²) < 4.78 is 0.